The number of aromatic amines is 1. The van der Waals surface area contributed by atoms with Crippen molar-refractivity contribution in [1.82, 2.24) is 25.3 Å². The first-order valence-corrected chi connectivity index (χ1v) is 5.99. The molecular weight excluding hydrogens is 298 g/mol. The van der Waals surface area contributed by atoms with Crippen molar-refractivity contribution in [2.24, 2.45) is 0 Å². The Labute approximate surface area is 111 Å². The van der Waals surface area contributed by atoms with Crippen LogP contribution in [0.3, 0.4) is 0 Å². The van der Waals surface area contributed by atoms with Gasteiger partial charge in [0.05, 0.1) is 5.56 Å². The zero-order valence-electron chi connectivity index (χ0n) is 9.38. The van der Waals surface area contributed by atoms with Crippen LogP contribution in [0.4, 0.5) is 0 Å². The average Bonchev–Trinajstić information content (AvgIpc) is 2.99. The zero-order valence-corrected chi connectivity index (χ0v) is 11.0. The summed E-state index contributed by atoms with van der Waals surface area (Å²) in [7, 11) is 0. The van der Waals surface area contributed by atoms with Gasteiger partial charge in [-0.25, -0.2) is 4.98 Å². The predicted octanol–water partition coefficient (Wildman–Crippen LogP) is 2.59. The molecule has 90 valence electrons. The van der Waals surface area contributed by atoms with Crippen molar-refractivity contribution in [2.45, 2.75) is 6.92 Å². The summed E-state index contributed by atoms with van der Waals surface area (Å²) in [6.07, 6.45) is 1.40. The van der Waals surface area contributed by atoms with Gasteiger partial charge in [0.1, 0.15) is 6.33 Å². The topological polar surface area (TPSA) is 80.5 Å². The maximum absolute atomic E-state index is 5.22. The van der Waals surface area contributed by atoms with Gasteiger partial charge in [-0.3, -0.25) is 5.10 Å². The van der Waals surface area contributed by atoms with Crippen LogP contribution in [0.1, 0.15) is 5.56 Å². The van der Waals surface area contributed by atoms with Crippen molar-refractivity contribution >= 4 is 15.9 Å². The number of aryl methyl sites for hydroxylation is 1. The number of rotatable bonds is 2. The summed E-state index contributed by atoms with van der Waals surface area (Å²) in [5.74, 6) is 1.30. The van der Waals surface area contributed by atoms with Crippen LogP contribution in [0.15, 0.2) is 33.5 Å². The Bertz CT molecular complexity index is 677. The summed E-state index contributed by atoms with van der Waals surface area (Å²) in [5.41, 5.74) is 2.00. The van der Waals surface area contributed by atoms with Crippen molar-refractivity contribution in [2.75, 3.05) is 0 Å². The van der Waals surface area contributed by atoms with E-state index in [1.165, 1.54) is 6.33 Å². The number of hydrogen-bond acceptors (Lipinski definition) is 5. The Morgan fingerprint density at radius 2 is 2.22 bits per heavy atom. The van der Waals surface area contributed by atoms with Crippen LogP contribution in [0.5, 0.6) is 0 Å². The Morgan fingerprint density at radius 3 is 2.94 bits per heavy atom. The molecule has 18 heavy (non-hydrogen) atoms. The van der Waals surface area contributed by atoms with Crippen molar-refractivity contribution in [3.8, 4) is 23.1 Å². The van der Waals surface area contributed by atoms with Gasteiger partial charge in [-0.2, -0.15) is 10.1 Å². The molecule has 1 N–H and O–H groups in total. The van der Waals surface area contributed by atoms with Crippen LogP contribution in [-0.4, -0.2) is 25.3 Å². The number of nitrogens with one attached hydrogen (secondary N) is 1. The Kier molecular flexibility index (Phi) is 2.67. The minimum Gasteiger partial charge on any atom is -0.333 e. The molecule has 0 amide bonds. The maximum Gasteiger partial charge on any atom is 0.259 e. The number of nitrogens with zero attached hydrogens (tertiary/aromatic N) is 4. The highest BCUT2D eigenvalue weighted by Crippen LogP contribution is 2.28. The second-order valence-corrected chi connectivity index (χ2v) is 4.59. The second kappa shape index (κ2) is 4.34. The van der Waals surface area contributed by atoms with Gasteiger partial charge >= 0.3 is 0 Å². The van der Waals surface area contributed by atoms with E-state index in [9.17, 15) is 0 Å². The molecule has 3 aromatic rings. The summed E-state index contributed by atoms with van der Waals surface area (Å²) < 4.78 is 6.13. The van der Waals surface area contributed by atoms with Gasteiger partial charge in [-0.05, 0) is 40.5 Å². The second-order valence-electron chi connectivity index (χ2n) is 3.74. The molecule has 0 bridgehead atoms. The third-order valence-electron chi connectivity index (χ3n) is 2.41. The van der Waals surface area contributed by atoms with Crippen LogP contribution in [0.25, 0.3) is 23.1 Å². The SMILES string of the molecule is Cc1ccc(-c2nc(-c3ncn[nH]3)no2)c(Br)c1. The first-order valence-electron chi connectivity index (χ1n) is 5.20. The molecule has 0 unspecified atom stereocenters. The van der Waals surface area contributed by atoms with Crippen LogP contribution in [-0.2, 0) is 0 Å². The largest absolute Gasteiger partial charge is 0.333 e. The lowest BCUT2D eigenvalue weighted by Gasteiger charge is -1.99. The lowest BCUT2D eigenvalue weighted by molar-refractivity contribution is 0.431. The zero-order chi connectivity index (χ0) is 12.5. The molecule has 0 radical (unpaired) electrons. The van der Waals surface area contributed by atoms with E-state index in [1.54, 1.807) is 0 Å². The molecule has 0 atom stereocenters. The van der Waals surface area contributed by atoms with Crippen molar-refractivity contribution in [3.63, 3.8) is 0 Å². The fraction of sp³-hybridized carbons (Fsp3) is 0.0909. The monoisotopic (exact) mass is 305 g/mol. The van der Waals surface area contributed by atoms with E-state index in [1.807, 2.05) is 25.1 Å². The van der Waals surface area contributed by atoms with Gasteiger partial charge in [-0.15, -0.1) is 0 Å². The Balaban J connectivity index is 2.03. The highest BCUT2D eigenvalue weighted by Gasteiger charge is 2.14. The molecular formula is C11H8BrN5O. The van der Waals surface area contributed by atoms with Gasteiger partial charge in [-0.1, -0.05) is 11.2 Å². The standard InChI is InChI=1S/C11H8BrN5O/c1-6-2-3-7(8(12)4-6)11-15-10(17-18-11)9-13-5-14-16-9/h2-5H,1H3,(H,13,14,16). The first-order chi connectivity index (χ1) is 8.74. The number of H-pyrrole nitrogens is 1. The van der Waals surface area contributed by atoms with E-state index in [4.69, 9.17) is 4.52 Å². The molecule has 0 saturated carbocycles. The quantitative estimate of drug-likeness (QED) is 0.787. The summed E-state index contributed by atoms with van der Waals surface area (Å²) in [5, 5.41) is 10.3. The molecule has 0 saturated heterocycles. The summed E-state index contributed by atoms with van der Waals surface area (Å²) in [6, 6.07) is 5.91. The van der Waals surface area contributed by atoms with Crippen LogP contribution >= 0.6 is 15.9 Å². The molecule has 6 nitrogen and oxygen atoms in total. The van der Waals surface area contributed by atoms with E-state index in [0.717, 1.165) is 15.6 Å². The van der Waals surface area contributed by atoms with Crippen LogP contribution in [0, 0.1) is 6.92 Å². The molecule has 0 aliphatic carbocycles. The van der Waals surface area contributed by atoms with E-state index in [0.29, 0.717) is 17.5 Å². The normalized spacial score (nSPS) is 10.8. The van der Waals surface area contributed by atoms with Gasteiger partial charge in [0.25, 0.3) is 5.89 Å². The molecule has 1 aromatic carbocycles. The molecule has 0 fully saturated rings. The number of hydrogen-bond donors (Lipinski definition) is 1. The summed E-state index contributed by atoms with van der Waals surface area (Å²) in [6.45, 7) is 2.02. The van der Waals surface area contributed by atoms with Crippen molar-refractivity contribution in [3.05, 3.63) is 34.6 Å². The van der Waals surface area contributed by atoms with Gasteiger partial charge in [0.2, 0.25) is 5.82 Å². The number of benzene rings is 1. The number of aromatic nitrogens is 5. The summed E-state index contributed by atoms with van der Waals surface area (Å²) in [4.78, 5) is 8.24. The minimum atomic E-state index is 0.384. The smallest absolute Gasteiger partial charge is 0.259 e. The fourth-order valence-corrected chi connectivity index (χ4v) is 2.20. The first kappa shape index (κ1) is 11.1. The molecule has 2 heterocycles. The fourth-order valence-electron chi connectivity index (χ4n) is 1.54. The summed E-state index contributed by atoms with van der Waals surface area (Å²) >= 11 is 3.48. The molecule has 7 heteroatoms. The highest BCUT2D eigenvalue weighted by atomic mass is 79.9. The van der Waals surface area contributed by atoms with Crippen LogP contribution in [0.2, 0.25) is 0 Å². The minimum absolute atomic E-state index is 0.384. The lowest BCUT2D eigenvalue weighted by Crippen LogP contribution is -1.84. The van der Waals surface area contributed by atoms with E-state index in [-0.39, 0.29) is 0 Å². The average molecular weight is 306 g/mol. The van der Waals surface area contributed by atoms with Gasteiger partial charge < -0.3 is 4.52 Å². The van der Waals surface area contributed by atoms with E-state index >= 15 is 0 Å². The van der Waals surface area contributed by atoms with Gasteiger partial charge in [0.15, 0.2) is 5.82 Å². The van der Waals surface area contributed by atoms with Crippen molar-refractivity contribution in [1.29, 1.82) is 0 Å². The maximum atomic E-state index is 5.22. The van der Waals surface area contributed by atoms with E-state index in [2.05, 4.69) is 41.3 Å². The van der Waals surface area contributed by atoms with Crippen LogP contribution < -0.4 is 0 Å². The third kappa shape index (κ3) is 1.92. The highest BCUT2D eigenvalue weighted by molar-refractivity contribution is 9.10. The molecule has 0 aliphatic heterocycles. The van der Waals surface area contributed by atoms with Gasteiger partial charge in [0, 0.05) is 4.47 Å². The number of halogens is 1. The molecule has 0 aliphatic rings. The predicted molar refractivity (Wildman–Crippen MR) is 67.5 cm³/mol. The van der Waals surface area contributed by atoms with Crippen molar-refractivity contribution < 1.29 is 4.52 Å². The Morgan fingerprint density at radius 1 is 1.33 bits per heavy atom. The molecule has 3 rings (SSSR count). The van der Waals surface area contributed by atoms with E-state index < -0.39 is 0 Å². The third-order valence-corrected chi connectivity index (χ3v) is 3.06. The molecule has 2 aromatic heterocycles. The lowest BCUT2D eigenvalue weighted by atomic mass is 10.1. The Hall–Kier alpha value is -2.02. The molecule has 0 spiro atoms.